The number of halogens is 1. The molecule has 0 radical (unpaired) electrons. The van der Waals surface area contributed by atoms with Crippen molar-refractivity contribution in [1.29, 1.82) is 0 Å². The SMILES string of the molecule is CCN1CCCC(C(C)Nc2ccc([N+](=O)[O-])c(Cl)c2)C1. The number of nitro groups is 1. The molecule has 0 aromatic heterocycles. The minimum absolute atomic E-state index is 0.0512. The Hall–Kier alpha value is -1.33. The molecule has 2 unspecified atom stereocenters. The molecule has 0 bridgehead atoms. The zero-order valence-electron chi connectivity index (χ0n) is 12.5. The molecule has 1 aromatic rings. The number of anilines is 1. The van der Waals surface area contributed by atoms with Gasteiger partial charge in [-0.15, -0.1) is 0 Å². The number of rotatable bonds is 5. The zero-order valence-corrected chi connectivity index (χ0v) is 13.3. The molecule has 116 valence electrons. The van der Waals surface area contributed by atoms with E-state index in [1.165, 1.54) is 25.5 Å². The van der Waals surface area contributed by atoms with Gasteiger partial charge in [-0.2, -0.15) is 0 Å². The van der Waals surface area contributed by atoms with E-state index in [9.17, 15) is 10.1 Å². The number of benzene rings is 1. The van der Waals surface area contributed by atoms with Crippen LogP contribution in [0, 0.1) is 16.0 Å². The number of nitro benzene ring substituents is 1. The van der Waals surface area contributed by atoms with Gasteiger partial charge in [0, 0.05) is 24.3 Å². The van der Waals surface area contributed by atoms with Gasteiger partial charge in [-0.1, -0.05) is 18.5 Å². The Labute approximate surface area is 130 Å². The van der Waals surface area contributed by atoms with Crippen LogP contribution in [0.5, 0.6) is 0 Å². The molecule has 0 saturated carbocycles. The Bertz CT molecular complexity index is 510. The Morgan fingerprint density at radius 1 is 1.57 bits per heavy atom. The van der Waals surface area contributed by atoms with Gasteiger partial charge in [0.15, 0.2) is 0 Å². The third kappa shape index (κ3) is 4.08. The van der Waals surface area contributed by atoms with Gasteiger partial charge in [0.1, 0.15) is 5.02 Å². The lowest BCUT2D eigenvalue weighted by molar-refractivity contribution is -0.384. The van der Waals surface area contributed by atoms with Crippen molar-refractivity contribution in [3.8, 4) is 0 Å². The van der Waals surface area contributed by atoms with E-state index in [1.54, 1.807) is 12.1 Å². The zero-order chi connectivity index (χ0) is 15.4. The molecule has 1 aliphatic rings. The highest BCUT2D eigenvalue weighted by Crippen LogP contribution is 2.29. The molecule has 1 N–H and O–H groups in total. The minimum Gasteiger partial charge on any atom is -0.382 e. The summed E-state index contributed by atoms with van der Waals surface area (Å²) in [5.41, 5.74) is 0.788. The van der Waals surface area contributed by atoms with Crippen molar-refractivity contribution in [2.75, 3.05) is 25.0 Å². The van der Waals surface area contributed by atoms with Gasteiger partial charge < -0.3 is 10.2 Å². The maximum atomic E-state index is 10.8. The van der Waals surface area contributed by atoms with Gasteiger partial charge in [0.05, 0.1) is 4.92 Å². The number of hydrogen-bond acceptors (Lipinski definition) is 4. The first kappa shape index (κ1) is 16.0. The Morgan fingerprint density at radius 3 is 2.95 bits per heavy atom. The topological polar surface area (TPSA) is 58.4 Å². The highest BCUT2D eigenvalue weighted by atomic mass is 35.5. The molecule has 2 atom stereocenters. The van der Waals surface area contributed by atoms with Crippen LogP contribution in [0.1, 0.15) is 26.7 Å². The average Bonchev–Trinajstić information content (AvgIpc) is 2.47. The van der Waals surface area contributed by atoms with E-state index in [4.69, 9.17) is 11.6 Å². The first-order valence-electron chi connectivity index (χ1n) is 7.44. The summed E-state index contributed by atoms with van der Waals surface area (Å²) in [4.78, 5) is 12.8. The average molecular weight is 312 g/mol. The van der Waals surface area contributed by atoms with Crippen molar-refractivity contribution in [3.05, 3.63) is 33.3 Å². The van der Waals surface area contributed by atoms with Crippen LogP contribution in [0.3, 0.4) is 0 Å². The molecule has 1 aromatic carbocycles. The smallest absolute Gasteiger partial charge is 0.288 e. The van der Waals surface area contributed by atoms with Crippen LogP contribution in [0.15, 0.2) is 18.2 Å². The number of nitrogens with one attached hydrogen (secondary N) is 1. The van der Waals surface area contributed by atoms with Crippen molar-refractivity contribution in [2.45, 2.75) is 32.7 Å². The van der Waals surface area contributed by atoms with Crippen molar-refractivity contribution in [2.24, 2.45) is 5.92 Å². The Balaban J connectivity index is 2.00. The quantitative estimate of drug-likeness (QED) is 0.664. The standard InChI is InChI=1S/C15H22ClN3O2/c1-3-18-8-4-5-12(10-18)11(2)17-13-6-7-15(19(20)21)14(16)9-13/h6-7,9,11-12,17H,3-5,8,10H2,1-2H3. The maximum absolute atomic E-state index is 10.8. The summed E-state index contributed by atoms with van der Waals surface area (Å²) in [6, 6.07) is 5.13. The summed E-state index contributed by atoms with van der Waals surface area (Å²) in [6.45, 7) is 7.73. The minimum atomic E-state index is -0.462. The second kappa shape index (κ2) is 7.09. The van der Waals surface area contributed by atoms with Gasteiger partial charge in [0.25, 0.3) is 5.69 Å². The summed E-state index contributed by atoms with van der Waals surface area (Å²) in [6.07, 6.45) is 2.44. The number of likely N-dealkylation sites (tertiary alicyclic amines) is 1. The summed E-state index contributed by atoms with van der Waals surface area (Å²) < 4.78 is 0. The van der Waals surface area contributed by atoms with E-state index in [0.29, 0.717) is 12.0 Å². The molecule has 0 spiro atoms. The van der Waals surface area contributed by atoms with Crippen molar-refractivity contribution >= 4 is 23.0 Å². The summed E-state index contributed by atoms with van der Waals surface area (Å²) >= 11 is 5.95. The Kier molecular flexibility index (Phi) is 5.42. The molecule has 1 saturated heterocycles. The third-order valence-corrected chi connectivity index (χ3v) is 4.54. The van der Waals surface area contributed by atoms with E-state index < -0.39 is 4.92 Å². The van der Waals surface area contributed by atoms with E-state index in [1.807, 2.05) is 0 Å². The fourth-order valence-corrected chi connectivity index (χ4v) is 3.16. The van der Waals surface area contributed by atoms with Crippen molar-refractivity contribution < 1.29 is 4.92 Å². The normalized spacial score (nSPS) is 21.0. The lowest BCUT2D eigenvalue weighted by Gasteiger charge is -2.35. The van der Waals surface area contributed by atoms with Crippen molar-refractivity contribution in [1.82, 2.24) is 4.90 Å². The number of hydrogen-bond donors (Lipinski definition) is 1. The fourth-order valence-electron chi connectivity index (χ4n) is 2.91. The van der Waals surface area contributed by atoms with Gasteiger partial charge in [-0.05, 0) is 50.9 Å². The van der Waals surface area contributed by atoms with Gasteiger partial charge >= 0.3 is 0 Å². The fraction of sp³-hybridized carbons (Fsp3) is 0.600. The van der Waals surface area contributed by atoms with Gasteiger partial charge in [0.2, 0.25) is 0 Å². The van der Waals surface area contributed by atoms with Gasteiger partial charge in [-0.3, -0.25) is 10.1 Å². The predicted octanol–water partition coefficient (Wildman–Crippen LogP) is 3.78. The number of piperidine rings is 1. The molecule has 0 aliphatic carbocycles. The van der Waals surface area contributed by atoms with Crippen LogP contribution in [0.4, 0.5) is 11.4 Å². The predicted molar refractivity (Wildman–Crippen MR) is 86.0 cm³/mol. The summed E-state index contributed by atoms with van der Waals surface area (Å²) in [5.74, 6) is 0.590. The molecule has 6 heteroatoms. The van der Waals surface area contributed by atoms with Crippen LogP contribution in [0.25, 0.3) is 0 Å². The second-order valence-corrected chi connectivity index (χ2v) is 6.06. The van der Waals surface area contributed by atoms with Crippen LogP contribution in [-0.2, 0) is 0 Å². The van der Waals surface area contributed by atoms with E-state index in [-0.39, 0.29) is 10.7 Å². The first-order chi connectivity index (χ1) is 10.0. The highest BCUT2D eigenvalue weighted by Gasteiger charge is 2.24. The summed E-state index contributed by atoms with van der Waals surface area (Å²) in [7, 11) is 0. The Morgan fingerprint density at radius 2 is 2.33 bits per heavy atom. The van der Waals surface area contributed by atoms with Crippen LogP contribution >= 0.6 is 11.6 Å². The van der Waals surface area contributed by atoms with Gasteiger partial charge in [-0.25, -0.2) is 0 Å². The third-order valence-electron chi connectivity index (χ3n) is 4.23. The molecule has 21 heavy (non-hydrogen) atoms. The van der Waals surface area contributed by atoms with Crippen LogP contribution in [-0.4, -0.2) is 35.5 Å². The van der Waals surface area contributed by atoms with Crippen LogP contribution < -0.4 is 5.32 Å². The largest absolute Gasteiger partial charge is 0.382 e. The van der Waals surface area contributed by atoms with Crippen molar-refractivity contribution in [3.63, 3.8) is 0 Å². The monoisotopic (exact) mass is 311 g/mol. The van der Waals surface area contributed by atoms with Crippen LogP contribution in [0.2, 0.25) is 5.02 Å². The molecule has 1 fully saturated rings. The molecule has 0 amide bonds. The van der Waals surface area contributed by atoms with E-state index in [0.717, 1.165) is 18.8 Å². The van der Waals surface area contributed by atoms with E-state index in [2.05, 4.69) is 24.1 Å². The molecule has 5 nitrogen and oxygen atoms in total. The molecular formula is C15H22ClN3O2. The molecule has 1 heterocycles. The lowest BCUT2D eigenvalue weighted by atomic mass is 9.91. The first-order valence-corrected chi connectivity index (χ1v) is 7.82. The molecular weight excluding hydrogens is 290 g/mol. The highest BCUT2D eigenvalue weighted by molar-refractivity contribution is 6.32. The van der Waals surface area contributed by atoms with E-state index >= 15 is 0 Å². The summed E-state index contributed by atoms with van der Waals surface area (Å²) in [5, 5.41) is 14.4. The lowest BCUT2D eigenvalue weighted by Crippen LogP contribution is -2.41. The molecule has 1 aliphatic heterocycles. The number of nitrogens with zero attached hydrogens (tertiary/aromatic N) is 2. The second-order valence-electron chi connectivity index (χ2n) is 5.65. The molecule has 2 rings (SSSR count). The maximum Gasteiger partial charge on any atom is 0.288 e.